The molecule has 7 heteroatoms. The van der Waals surface area contributed by atoms with Crippen molar-refractivity contribution in [1.29, 1.82) is 0 Å². The topological polar surface area (TPSA) is 139 Å². The number of allylic oxidation sites excluding steroid dienone is 4. The van der Waals surface area contributed by atoms with Crippen molar-refractivity contribution >= 4 is 11.6 Å². The Bertz CT molecular complexity index is 820. The Labute approximate surface area is 213 Å². The number of amides is 1. The molecule has 8 N–H and O–H groups in total. The van der Waals surface area contributed by atoms with E-state index in [1.165, 1.54) is 11.1 Å². The summed E-state index contributed by atoms with van der Waals surface area (Å²) in [5, 5.41) is 7.00. The zero-order chi connectivity index (χ0) is 22.4. The SMILES string of the molecule is C.CCNc1ccccc1CN[C@@H](C(=O)N1CCC(C2=CCCC=C2)C(C)(C)C1)C(C)C.O.O.O. The molecule has 1 amide bonds. The minimum Gasteiger partial charge on any atom is -0.412 e. The van der Waals surface area contributed by atoms with Crippen LogP contribution in [-0.4, -0.2) is 52.9 Å². The van der Waals surface area contributed by atoms with Crippen molar-refractivity contribution in [2.24, 2.45) is 17.3 Å². The van der Waals surface area contributed by atoms with Crippen LogP contribution in [0.5, 0.6) is 0 Å². The number of nitrogens with one attached hydrogen (secondary N) is 2. The molecule has 1 unspecified atom stereocenters. The maximum Gasteiger partial charge on any atom is 0.239 e. The lowest BCUT2D eigenvalue weighted by Gasteiger charge is -2.46. The second-order valence-corrected chi connectivity index (χ2v) is 10.1. The van der Waals surface area contributed by atoms with Gasteiger partial charge in [0.25, 0.3) is 0 Å². The van der Waals surface area contributed by atoms with Gasteiger partial charge in [-0.25, -0.2) is 0 Å². The summed E-state index contributed by atoms with van der Waals surface area (Å²) in [6, 6.07) is 8.18. The normalized spacial score (nSPS) is 19.2. The van der Waals surface area contributed by atoms with Gasteiger partial charge in [0.15, 0.2) is 0 Å². The van der Waals surface area contributed by atoms with Crippen LogP contribution in [-0.2, 0) is 11.3 Å². The first-order chi connectivity index (χ1) is 14.8. The van der Waals surface area contributed by atoms with E-state index in [0.29, 0.717) is 12.5 Å². The van der Waals surface area contributed by atoms with Gasteiger partial charge < -0.3 is 32.0 Å². The van der Waals surface area contributed by atoms with E-state index in [4.69, 9.17) is 0 Å². The lowest BCUT2D eigenvalue weighted by atomic mass is 9.69. The third-order valence-electron chi connectivity index (χ3n) is 6.80. The Kier molecular flexibility index (Phi) is 15.7. The molecule has 0 aromatic heterocycles. The number of hydrogen-bond donors (Lipinski definition) is 2. The van der Waals surface area contributed by atoms with Crippen molar-refractivity contribution in [2.45, 2.75) is 73.9 Å². The van der Waals surface area contributed by atoms with Gasteiger partial charge in [-0.1, -0.05) is 71.5 Å². The molecule has 202 valence electrons. The van der Waals surface area contributed by atoms with Crippen LogP contribution in [0, 0.1) is 17.3 Å². The summed E-state index contributed by atoms with van der Waals surface area (Å²) in [5.74, 6) is 1.02. The largest absolute Gasteiger partial charge is 0.412 e. The maximum absolute atomic E-state index is 13.6. The molecule has 0 radical (unpaired) electrons. The number of carbonyl (C=O) groups is 1. The zero-order valence-electron chi connectivity index (χ0n) is 21.6. The average molecular weight is 494 g/mol. The highest BCUT2D eigenvalue weighted by molar-refractivity contribution is 5.82. The summed E-state index contributed by atoms with van der Waals surface area (Å²) in [7, 11) is 0. The maximum atomic E-state index is 13.6. The molecule has 1 aliphatic heterocycles. The molecule has 0 spiro atoms. The van der Waals surface area contributed by atoms with E-state index >= 15 is 0 Å². The van der Waals surface area contributed by atoms with Gasteiger partial charge in [0.2, 0.25) is 5.91 Å². The van der Waals surface area contributed by atoms with Crippen LogP contribution in [0.25, 0.3) is 0 Å². The Balaban J connectivity index is 0. The molecule has 1 saturated heterocycles. The van der Waals surface area contributed by atoms with Gasteiger partial charge in [0.05, 0.1) is 6.04 Å². The van der Waals surface area contributed by atoms with Crippen LogP contribution in [0.15, 0.2) is 48.1 Å². The molecule has 1 aromatic carbocycles. The first kappa shape index (κ1) is 35.0. The van der Waals surface area contributed by atoms with Gasteiger partial charge in [0, 0.05) is 31.9 Å². The number of benzene rings is 1. The molecule has 1 aromatic rings. The van der Waals surface area contributed by atoms with Crippen molar-refractivity contribution in [3.63, 3.8) is 0 Å². The van der Waals surface area contributed by atoms with Gasteiger partial charge in [-0.05, 0) is 60.6 Å². The quantitative estimate of drug-likeness (QED) is 0.572. The fourth-order valence-corrected chi connectivity index (χ4v) is 5.12. The van der Waals surface area contributed by atoms with E-state index in [9.17, 15) is 4.79 Å². The van der Waals surface area contributed by atoms with Gasteiger partial charge in [0.1, 0.15) is 0 Å². The molecule has 1 heterocycles. The second kappa shape index (κ2) is 15.7. The Morgan fingerprint density at radius 1 is 1.14 bits per heavy atom. The summed E-state index contributed by atoms with van der Waals surface area (Å²) >= 11 is 0. The Hall–Kier alpha value is -2.19. The average Bonchev–Trinajstić information content (AvgIpc) is 2.74. The van der Waals surface area contributed by atoms with Crippen molar-refractivity contribution in [1.82, 2.24) is 10.2 Å². The number of nitrogens with zero attached hydrogens (tertiary/aromatic N) is 1. The molecule has 2 atom stereocenters. The molecular weight excluding hydrogens is 442 g/mol. The number of likely N-dealkylation sites (tertiary alicyclic amines) is 1. The number of rotatable bonds is 8. The summed E-state index contributed by atoms with van der Waals surface area (Å²) in [6.45, 7) is 14.3. The molecule has 1 aliphatic carbocycles. The predicted octanol–water partition coefficient (Wildman–Crippen LogP) is 3.55. The highest BCUT2D eigenvalue weighted by Crippen LogP contribution is 2.41. The first-order valence-electron chi connectivity index (χ1n) is 12.0. The summed E-state index contributed by atoms with van der Waals surface area (Å²) < 4.78 is 0. The molecule has 7 nitrogen and oxygen atoms in total. The minimum atomic E-state index is -0.171. The van der Waals surface area contributed by atoms with Crippen molar-refractivity contribution in [2.75, 3.05) is 25.0 Å². The number of para-hydroxylation sites is 1. The molecule has 1 fully saturated rings. The monoisotopic (exact) mass is 493 g/mol. The molecule has 0 saturated carbocycles. The molecule has 0 bridgehead atoms. The van der Waals surface area contributed by atoms with Crippen molar-refractivity contribution < 1.29 is 21.2 Å². The van der Waals surface area contributed by atoms with E-state index in [1.807, 2.05) is 0 Å². The van der Waals surface area contributed by atoms with Crippen LogP contribution in [0.4, 0.5) is 5.69 Å². The van der Waals surface area contributed by atoms with E-state index in [1.54, 1.807) is 0 Å². The second-order valence-electron chi connectivity index (χ2n) is 10.1. The molecule has 2 aliphatic rings. The van der Waals surface area contributed by atoms with Crippen LogP contribution < -0.4 is 10.6 Å². The highest BCUT2D eigenvalue weighted by Gasteiger charge is 2.40. The Morgan fingerprint density at radius 2 is 1.83 bits per heavy atom. The smallest absolute Gasteiger partial charge is 0.239 e. The zero-order valence-corrected chi connectivity index (χ0v) is 21.6. The summed E-state index contributed by atoms with van der Waals surface area (Å²) in [5.41, 5.74) is 3.91. The summed E-state index contributed by atoms with van der Waals surface area (Å²) in [6.07, 6.45) is 10.4. The molecule has 35 heavy (non-hydrogen) atoms. The standard InChI is InChI=1S/C27H41N3O.CH4.3H2O/c1-6-28-24-15-11-10-14-22(24)18-29-25(20(2)3)26(31)30-17-16-23(27(4,5)19-30)21-12-8-7-9-13-21;;;;/h8,10-15,20,23,25,28-29H,6-7,9,16-19H2,1-5H3;1H4;3*1H2/t23?,25-;;;;/m1..../s1. The third-order valence-corrected chi connectivity index (χ3v) is 6.80. The molecule has 3 rings (SSSR count). The van der Waals surface area contributed by atoms with E-state index < -0.39 is 0 Å². The summed E-state index contributed by atoms with van der Waals surface area (Å²) in [4.78, 5) is 15.7. The fourth-order valence-electron chi connectivity index (χ4n) is 5.12. The predicted molar refractivity (Wildman–Crippen MR) is 149 cm³/mol. The fraction of sp³-hybridized carbons (Fsp3) is 0.607. The van der Waals surface area contributed by atoms with Crippen LogP contribution in [0.2, 0.25) is 0 Å². The number of piperidine rings is 1. The third kappa shape index (κ3) is 8.76. The highest BCUT2D eigenvalue weighted by atomic mass is 16.2. The van der Waals surface area contributed by atoms with Crippen LogP contribution >= 0.6 is 0 Å². The lowest BCUT2D eigenvalue weighted by molar-refractivity contribution is -0.138. The van der Waals surface area contributed by atoms with Crippen LogP contribution in [0.3, 0.4) is 0 Å². The van der Waals surface area contributed by atoms with Crippen molar-refractivity contribution in [3.8, 4) is 0 Å². The number of hydrogen-bond acceptors (Lipinski definition) is 3. The van der Waals surface area contributed by atoms with Gasteiger partial charge in [-0.15, -0.1) is 0 Å². The van der Waals surface area contributed by atoms with Gasteiger partial charge in [-0.3, -0.25) is 4.79 Å². The first-order valence-corrected chi connectivity index (χ1v) is 12.0. The minimum absolute atomic E-state index is 0. The van der Waals surface area contributed by atoms with Gasteiger partial charge in [-0.2, -0.15) is 0 Å². The van der Waals surface area contributed by atoms with E-state index in [2.05, 4.69) is 92.6 Å². The van der Waals surface area contributed by atoms with E-state index in [-0.39, 0.29) is 47.1 Å². The van der Waals surface area contributed by atoms with E-state index in [0.717, 1.165) is 44.6 Å². The molecular formula is C28H51N3O4. The number of carbonyl (C=O) groups excluding carboxylic acids is 1. The lowest BCUT2D eigenvalue weighted by Crippen LogP contribution is -2.55. The number of anilines is 1. The van der Waals surface area contributed by atoms with Gasteiger partial charge >= 0.3 is 0 Å². The Morgan fingerprint density at radius 3 is 2.40 bits per heavy atom. The van der Waals surface area contributed by atoms with Crippen molar-refractivity contribution in [3.05, 3.63) is 53.6 Å². The van der Waals surface area contributed by atoms with Crippen LogP contribution in [0.1, 0.15) is 66.9 Å².